The SMILES string of the molecule is CCCCCCC(C)(CCCC)c1ocnc1OC. The molecule has 0 aromatic carbocycles. The van der Waals surface area contributed by atoms with Gasteiger partial charge in [-0.25, -0.2) is 0 Å². The Labute approximate surface area is 117 Å². The van der Waals surface area contributed by atoms with E-state index in [2.05, 4.69) is 25.8 Å². The first-order valence-corrected chi connectivity index (χ1v) is 7.66. The fourth-order valence-electron chi connectivity index (χ4n) is 2.64. The summed E-state index contributed by atoms with van der Waals surface area (Å²) >= 11 is 0. The maximum Gasteiger partial charge on any atom is 0.256 e. The normalized spacial score (nSPS) is 14.3. The van der Waals surface area contributed by atoms with Gasteiger partial charge in [-0.05, 0) is 12.8 Å². The number of unbranched alkanes of at least 4 members (excludes halogenated alkanes) is 4. The lowest BCUT2D eigenvalue weighted by Gasteiger charge is -2.27. The Hall–Kier alpha value is -0.990. The summed E-state index contributed by atoms with van der Waals surface area (Å²) in [6, 6.07) is 0. The fraction of sp³-hybridized carbons (Fsp3) is 0.812. The van der Waals surface area contributed by atoms with Gasteiger partial charge >= 0.3 is 0 Å². The summed E-state index contributed by atoms with van der Waals surface area (Å²) < 4.78 is 11.0. The molecule has 1 aromatic heterocycles. The van der Waals surface area contributed by atoms with Crippen LogP contribution < -0.4 is 4.74 Å². The molecule has 0 N–H and O–H groups in total. The summed E-state index contributed by atoms with van der Waals surface area (Å²) in [5.41, 5.74) is 0.0611. The predicted molar refractivity (Wildman–Crippen MR) is 78.7 cm³/mol. The van der Waals surface area contributed by atoms with Gasteiger partial charge in [0.2, 0.25) is 0 Å². The zero-order valence-corrected chi connectivity index (χ0v) is 13.0. The molecule has 0 bridgehead atoms. The van der Waals surface area contributed by atoms with E-state index in [0.29, 0.717) is 5.88 Å². The van der Waals surface area contributed by atoms with E-state index in [0.717, 1.165) is 18.6 Å². The second-order valence-corrected chi connectivity index (χ2v) is 5.67. The van der Waals surface area contributed by atoms with Crippen LogP contribution >= 0.6 is 0 Å². The second kappa shape index (κ2) is 8.23. The molecule has 0 aliphatic carbocycles. The number of rotatable bonds is 10. The van der Waals surface area contributed by atoms with Crippen LogP contribution in [0, 0.1) is 0 Å². The summed E-state index contributed by atoms with van der Waals surface area (Å²) in [6.07, 6.45) is 11.4. The molecule has 0 fully saturated rings. The lowest BCUT2D eigenvalue weighted by Crippen LogP contribution is -2.22. The van der Waals surface area contributed by atoms with Crippen molar-refractivity contribution in [2.75, 3.05) is 7.11 Å². The van der Waals surface area contributed by atoms with Crippen LogP contribution in [0.2, 0.25) is 0 Å². The highest BCUT2D eigenvalue weighted by Gasteiger charge is 2.33. The van der Waals surface area contributed by atoms with Crippen LogP contribution in [-0.4, -0.2) is 12.1 Å². The number of ether oxygens (including phenoxy) is 1. The van der Waals surface area contributed by atoms with E-state index < -0.39 is 0 Å². The van der Waals surface area contributed by atoms with E-state index in [-0.39, 0.29) is 5.41 Å². The van der Waals surface area contributed by atoms with Gasteiger partial charge in [-0.15, -0.1) is 0 Å². The van der Waals surface area contributed by atoms with E-state index in [4.69, 9.17) is 9.15 Å². The highest BCUT2D eigenvalue weighted by Crippen LogP contribution is 2.39. The lowest BCUT2D eigenvalue weighted by atomic mass is 9.78. The van der Waals surface area contributed by atoms with Crippen molar-refractivity contribution in [3.05, 3.63) is 12.2 Å². The molecule has 0 aliphatic rings. The molecule has 1 unspecified atom stereocenters. The van der Waals surface area contributed by atoms with Crippen LogP contribution in [0.15, 0.2) is 10.8 Å². The van der Waals surface area contributed by atoms with Gasteiger partial charge in [-0.2, -0.15) is 4.98 Å². The van der Waals surface area contributed by atoms with E-state index >= 15 is 0 Å². The van der Waals surface area contributed by atoms with Gasteiger partial charge in [-0.1, -0.05) is 59.3 Å². The van der Waals surface area contributed by atoms with Crippen molar-refractivity contribution < 1.29 is 9.15 Å². The first kappa shape index (κ1) is 16.1. The molecule has 3 heteroatoms. The molecule has 3 nitrogen and oxygen atoms in total. The first-order chi connectivity index (χ1) is 9.18. The van der Waals surface area contributed by atoms with Crippen molar-refractivity contribution in [3.8, 4) is 5.88 Å². The molecular formula is C16H29NO2. The van der Waals surface area contributed by atoms with Gasteiger partial charge in [0.1, 0.15) is 0 Å². The van der Waals surface area contributed by atoms with E-state index in [9.17, 15) is 0 Å². The van der Waals surface area contributed by atoms with Crippen LogP contribution in [0.25, 0.3) is 0 Å². The summed E-state index contributed by atoms with van der Waals surface area (Å²) in [5.74, 6) is 1.59. The highest BCUT2D eigenvalue weighted by molar-refractivity contribution is 5.23. The third-order valence-corrected chi connectivity index (χ3v) is 3.94. The monoisotopic (exact) mass is 267 g/mol. The average molecular weight is 267 g/mol. The summed E-state index contributed by atoms with van der Waals surface area (Å²) in [5, 5.41) is 0. The molecule has 0 spiro atoms. The molecule has 1 heterocycles. The Kier molecular flexibility index (Phi) is 6.96. The Morgan fingerprint density at radius 2 is 1.79 bits per heavy atom. The molecule has 0 amide bonds. The second-order valence-electron chi connectivity index (χ2n) is 5.67. The molecule has 110 valence electrons. The third kappa shape index (κ3) is 4.55. The first-order valence-electron chi connectivity index (χ1n) is 7.66. The topological polar surface area (TPSA) is 35.3 Å². The molecule has 1 atom stereocenters. The Morgan fingerprint density at radius 3 is 2.42 bits per heavy atom. The molecule has 0 saturated carbocycles. The zero-order chi connectivity index (χ0) is 14.1. The van der Waals surface area contributed by atoms with Crippen molar-refractivity contribution in [2.24, 2.45) is 0 Å². The van der Waals surface area contributed by atoms with E-state index in [1.165, 1.54) is 44.9 Å². The summed E-state index contributed by atoms with van der Waals surface area (Å²) in [7, 11) is 1.67. The van der Waals surface area contributed by atoms with E-state index in [1.54, 1.807) is 7.11 Å². The molecule has 1 rings (SSSR count). The van der Waals surface area contributed by atoms with Gasteiger partial charge in [0.05, 0.1) is 7.11 Å². The molecule has 1 aromatic rings. The van der Waals surface area contributed by atoms with Gasteiger partial charge in [0.15, 0.2) is 12.2 Å². The molecule has 0 radical (unpaired) electrons. The minimum atomic E-state index is 0.0611. The number of hydrogen-bond acceptors (Lipinski definition) is 3. The maximum atomic E-state index is 5.64. The van der Waals surface area contributed by atoms with Gasteiger partial charge < -0.3 is 9.15 Å². The van der Waals surface area contributed by atoms with Crippen LogP contribution in [0.3, 0.4) is 0 Å². The largest absolute Gasteiger partial charge is 0.479 e. The number of aromatic nitrogens is 1. The molecular weight excluding hydrogens is 238 g/mol. The lowest BCUT2D eigenvalue weighted by molar-refractivity contribution is 0.280. The zero-order valence-electron chi connectivity index (χ0n) is 13.0. The van der Waals surface area contributed by atoms with E-state index in [1.807, 2.05) is 0 Å². The standard InChI is InChI=1S/C16H29NO2/c1-5-7-9-10-12-16(3,11-8-6-2)14-15(18-4)17-13-19-14/h13H,5-12H2,1-4H3. The number of oxazole rings is 1. The molecule has 19 heavy (non-hydrogen) atoms. The van der Waals surface area contributed by atoms with Crippen LogP contribution in [0.1, 0.15) is 77.9 Å². The van der Waals surface area contributed by atoms with Gasteiger partial charge in [0, 0.05) is 5.41 Å². The number of hydrogen-bond donors (Lipinski definition) is 0. The molecule has 0 aliphatic heterocycles. The van der Waals surface area contributed by atoms with Crippen molar-refractivity contribution in [3.63, 3.8) is 0 Å². The predicted octanol–water partition coefficient (Wildman–Crippen LogP) is 5.10. The number of methoxy groups -OCH3 is 1. The van der Waals surface area contributed by atoms with Crippen molar-refractivity contribution >= 4 is 0 Å². The quantitative estimate of drug-likeness (QED) is 0.553. The number of nitrogens with zero attached hydrogens (tertiary/aromatic N) is 1. The van der Waals surface area contributed by atoms with Crippen molar-refractivity contribution in [1.82, 2.24) is 4.98 Å². The summed E-state index contributed by atoms with van der Waals surface area (Å²) in [4.78, 5) is 4.16. The smallest absolute Gasteiger partial charge is 0.256 e. The minimum Gasteiger partial charge on any atom is -0.479 e. The van der Waals surface area contributed by atoms with Crippen LogP contribution in [-0.2, 0) is 5.41 Å². The third-order valence-electron chi connectivity index (χ3n) is 3.94. The van der Waals surface area contributed by atoms with Gasteiger partial charge in [-0.3, -0.25) is 0 Å². The average Bonchev–Trinajstić information content (AvgIpc) is 2.90. The Morgan fingerprint density at radius 1 is 1.11 bits per heavy atom. The van der Waals surface area contributed by atoms with Crippen molar-refractivity contribution in [2.45, 2.75) is 77.6 Å². The maximum absolute atomic E-state index is 5.64. The Balaban J connectivity index is 2.73. The fourth-order valence-corrected chi connectivity index (χ4v) is 2.64. The van der Waals surface area contributed by atoms with Crippen LogP contribution in [0.4, 0.5) is 0 Å². The van der Waals surface area contributed by atoms with Crippen molar-refractivity contribution in [1.29, 1.82) is 0 Å². The Bertz CT molecular complexity index is 348. The summed E-state index contributed by atoms with van der Waals surface area (Å²) in [6.45, 7) is 6.77. The van der Waals surface area contributed by atoms with Crippen LogP contribution in [0.5, 0.6) is 5.88 Å². The van der Waals surface area contributed by atoms with Gasteiger partial charge in [0.25, 0.3) is 5.88 Å². The highest BCUT2D eigenvalue weighted by atomic mass is 16.5. The molecule has 0 saturated heterocycles. The minimum absolute atomic E-state index is 0.0611.